The number of aromatic nitrogens is 4. The van der Waals surface area contributed by atoms with E-state index in [2.05, 4.69) is 30.5 Å². The SMILES string of the molecule is CNC1CCCN(Cc2nnnn2-c2ccc(OC(F)F)cc2)C1.Cl. The largest absolute Gasteiger partial charge is 0.435 e. The minimum atomic E-state index is -2.83. The first-order valence-corrected chi connectivity index (χ1v) is 7.88. The van der Waals surface area contributed by atoms with Crippen molar-refractivity contribution in [1.82, 2.24) is 30.4 Å². The minimum Gasteiger partial charge on any atom is -0.435 e. The summed E-state index contributed by atoms with van der Waals surface area (Å²) in [6.45, 7) is -0.240. The number of nitrogens with zero attached hydrogens (tertiary/aromatic N) is 5. The Morgan fingerprint density at radius 3 is 2.76 bits per heavy atom. The number of likely N-dealkylation sites (tertiary alicyclic amines) is 1. The molecule has 138 valence electrons. The Balaban J connectivity index is 0.00000225. The Hall–Kier alpha value is -1.84. The number of halogens is 3. The summed E-state index contributed by atoms with van der Waals surface area (Å²) in [6.07, 6.45) is 2.30. The van der Waals surface area contributed by atoms with Crippen molar-refractivity contribution in [2.75, 3.05) is 20.1 Å². The number of hydrogen-bond donors (Lipinski definition) is 1. The average molecular weight is 375 g/mol. The van der Waals surface area contributed by atoms with E-state index in [4.69, 9.17) is 0 Å². The predicted molar refractivity (Wildman–Crippen MR) is 90.4 cm³/mol. The van der Waals surface area contributed by atoms with Crippen LogP contribution in [-0.2, 0) is 6.54 Å². The molecule has 2 heterocycles. The van der Waals surface area contributed by atoms with Gasteiger partial charge in [0.15, 0.2) is 5.82 Å². The molecule has 1 aromatic carbocycles. The maximum absolute atomic E-state index is 12.2. The molecule has 10 heteroatoms. The van der Waals surface area contributed by atoms with Crippen LogP contribution in [0.2, 0.25) is 0 Å². The Bertz CT molecular complexity index is 654. The van der Waals surface area contributed by atoms with Crippen molar-refractivity contribution in [3.05, 3.63) is 30.1 Å². The lowest BCUT2D eigenvalue weighted by Gasteiger charge is -2.31. The minimum absolute atomic E-state index is 0. The number of likely N-dealkylation sites (N-methyl/N-ethyl adjacent to an activating group) is 1. The molecule has 0 saturated carbocycles. The van der Waals surface area contributed by atoms with Gasteiger partial charge in [0.2, 0.25) is 0 Å². The Labute approximate surface area is 150 Å². The maximum atomic E-state index is 12.2. The molecule has 1 aromatic heterocycles. The Morgan fingerprint density at radius 1 is 1.32 bits per heavy atom. The summed E-state index contributed by atoms with van der Waals surface area (Å²) in [4.78, 5) is 2.31. The van der Waals surface area contributed by atoms with Crippen LogP contribution in [0.5, 0.6) is 5.75 Å². The zero-order valence-corrected chi connectivity index (χ0v) is 14.6. The maximum Gasteiger partial charge on any atom is 0.387 e. The highest BCUT2D eigenvalue weighted by Crippen LogP contribution is 2.18. The van der Waals surface area contributed by atoms with Gasteiger partial charge < -0.3 is 10.1 Å². The molecule has 1 aliphatic rings. The first kappa shape index (κ1) is 19.5. The zero-order chi connectivity index (χ0) is 16.9. The topological polar surface area (TPSA) is 68.1 Å². The third-order valence-electron chi connectivity index (χ3n) is 4.12. The van der Waals surface area contributed by atoms with Gasteiger partial charge in [-0.15, -0.1) is 17.5 Å². The molecule has 2 aromatic rings. The van der Waals surface area contributed by atoms with Crippen molar-refractivity contribution in [2.24, 2.45) is 0 Å². The molecule has 1 N–H and O–H groups in total. The summed E-state index contributed by atoms with van der Waals surface area (Å²) >= 11 is 0. The van der Waals surface area contributed by atoms with Crippen LogP contribution in [0.25, 0.3) is 5.69 Å². The monoisotopic (exact) mass is 374 g/mol. The van der Waals surface area contributed by atoms with E-state index in [1.165, 1.54) is 18.6 Å². The highest BCUT2D eigenvalue weighted by atomic mass is 35.5. The van der Waals surface area contributed by atoms with Gasteiger partial charge in [0, 0.05) is 12.6 Å². The molecule has 0 spiro atoms. The quantitative estimate of drug-likeness (QED) is 0.832. The second-order valence-corrected chi connectivity index (χ2v) is 5.74. The number of hydrogen-bond acceptors (Lipinski definition) is 6. The first-order valence-electron chi connectivity index (χ1n) is 7.88. The van der Waals surface area contributed by atoms with E-state index in [1.54, 1.807) is 16.8 Å². The predicted octanol–water partition coefficient (Wildman–Crippen LogP) is 1.87. The lowest BCUT2D eigenvalue weighted by Crippen LogP contribution is -2.44. The van der Waals surface area contributed by atoms with Gasteiger partial charge >= 0.3 is 6.61 Å². The van der Waals surface area contributed by atoms with Gasteiger partial charge in [-0.3, -0.25) is 4.90 Å². The van der Waals surface area contributed by atoms with Crippen molar-refractivity contribution in [2.45, 2.75) is 32.0 Å². The molecule has 1 aliphatic heterocycles. The molecule has 1 saturated heterocycles. The second kappa shape index (κ2) is 9.02. The van der Waals surface area contributed by atoms with E-state index in [0.29, 0.717) is 24.1 Å². The van der Waals surface area contributed by atoms with Gasteiger partial charge in [-0.05, 0) is 61.1 Å². The highest BCUT2D eigenvalue weighted by molar-refractivity contribution is 5.85. The van der Waals surface area contributed by atoms with Crippen molar-refractivity contribution in [3.8, 4) is 11.4 Å². The first-order chi connectivity index (χ1) is 11.7. The number of nitrogens with one attached hydrogen (secondary N) is 1. The van der Waals surface area contributed by atoms with Gasteiger partial charge in [0.25, 0.3) is 0 Å². The summed E-state index contributed by atoms with van der Waals surface area (Å²) in [7, 11) is 1.97. The number of alkyl halides is 2. The molecule has 1 fully saturated rings. The smallest absolute Gasteiger partial charge is 0.387 e. The molecular weight excluding hydrogens is 354 g/mol. The lowest BCUT2D eigenvalue weighted by molar-refractivity contribution is -0.0498. The van der Waals surface area contributed by atoms with Gasteiger partial charge in [0.1, 0.15) is 5.75 Å². The number of benzene rings is 1. The summed E-state index contributed by atoms with van der Waals surface area (Å²) in [5, 5.41) is 15.2. The molecule has 7 nitrogen and oxygen atoms in total. The molecule has 1 atom stereocenters. The molecule has 1 unspecified atom stereocenters. The van der Waals surface area contributed by atoms with E-state index in [0.717, 1.165) is 19.5 Å². The molecule has 0 bridgehead atoms. The molecular formula is C15H21ClF2N6O. The molecule has 0 radical (unpaired) electrons. The standard InChI is InChI=1S/C15H20F2N6O.ClH/c1-18-11-3-2-8-22(9-11)10-14-19-20-21-23(14)12-4-6-13(7-5-12)24-15(16)17;/h4-7,11,15,18H,2-3,8-10H2,1H3;1H. The number of tetrazole rings is 1. The summed E-state index contributed by atoms with van der Waals surface area (Å²) in [5.74, 6) is 0.825. The van der Waals surface area contributed by atoms with E-state index in [9.17, 15) is 8.78 Å². The van der Waals surface area contributed by atoms with E-state index in [-0.39, 0.29) is 18.2 Å². The lowest BCUT2D eigenvalue weighted by atomic mass is 10.1. The van der Waals surface area contributed by atoms with E-state index >= 15 is 0 Å². The van der Waals surface area contributed by atoms with Crippen LogP contribution in [0.3, 0.4) is 0 Å². The third kappa shape index (κ3) is 5.07. The van der Waals surface area contributed by atoms with Crippen molar-refractivity contribution in [3.63, 3.8) is 0 Å². The van der Waals surface area contributed by atoms with Gasteiger partial charge in [-0.1, -0.05) is 0 Å². The molecule has 3 rings (SSSR count). The summed E-state index contributed by atoms with van der Waals surface area (Å²) in [6, 6.07) is 6.75. The molecule has 25 heavy (non-hydrogen) atoms. The van der Waals surface area contributed by atoms with Crippen LogP contribution < -0.4 is 10.1 Å². The van der Waals surface area contributed by atoms with Crippen LogP contribution in [0.15, 0.2) is 24.3 Å². The second-order valence-electron chi connectivity index (χ2n) is 5.74. The summed E-state index contributed by atoms with van der Waals surface area (Å²) in [5.41, 5.74) is 0.707. The molecule has 0 amide bonds. The van der Waals surface area contributed by atoms with Crippen molar-refractivity contribution < 1.29 is 13.5 Å². The average Bonchev–Trinajstić information content (AvgIpc) is 3.03. The number of ether oxygens (including phenoxy) is 1. The normalized spacial score (nSPS) is 18.2. The van der Waals surface area contributed by atoms with Crippen LogP contribution in [0.1, 0.15) is 18.7 Å². The van der Waals surface area contributed by atoms with Gasteiger partial charge in [-0.2, -0.15) is 13.5 Å². The molecule has 0 aliphatic carbocycles. The zero-order valence-electron chi connectivity index (χ0n) is 13.8. The fraction of sp³-hybridized carbons (Fsp3) is 0.533. The van der Waals surface area contributed by atoms with Gasteiger partial charge in [0.05, 0.1) is 12.2 Å². The van der Waals surface area contributed by atoms with Crippen molar-refractivity contribution in [1.29, 1.82) is 0 Å². The fourth-order valence-corrected chi connectivity index (χ4v) is 2.91. The van der Waals surface area contributed by atoms with Crippen LogP contribution in [-0.4, -0.2) is 57.9 Å². The highest BCUT2D eigenvalue weighted by Gasteiger charge is 2.21. The van der Waals surface area contributed by atoms with Gasteiger partial charge in [-0.25, -0.2) is 0 Å². The third-order valence-corrected chi connectivity index (χ3v) is 4.12. The van der Waals surface area contributed by atoms with Crippen LogP contribution in [0.4, 0.5) is 8.78 Å². The van der Waals surface area contributed by atoms with Crippen LogP contribution in [0, 0.1) is 0 Å². The fourth-order valence-electron chi connectivity index (χ4n) is 2.91. The Kier molecular flexibility index (Phi) is 7.03. The van der Waals surface area contributed by atoms with E-state index in [1.807, 2.05) is 7.05 Å². The van der Waals surface area contributed by atoms with E-state index < -0.39 is 6.61 Å². The van der Waals surface area contributed by atoms with Crippen molar-refractivity contribution >= 4 is 12.4 Å². The number of rotatable bonds is 6. The Morgan fingerprint density at radius 2 is 2.08 bits per heavy atom. The number of piperidine rings is 1. The van der Waals surface area contributed by atoms with Crippen LogP contribution >= 0.6 is 12.4 Å². The summed E-state index contributed by atoms with van der Waals surface area (Å²) < 4.78 is 30.4.